The molecular formula is C25H31N3O3. The molecule has 0 heterocycles. The lowest BCUT2D eigenvalue weighted by Crippen LogP contribution is -2.49. The highest BCUT2D eigenvalue weighted by Gasteiger charge is 2.32. The molecule has 1 aliphatic carbocycles. The Hall–Kier alpha value is -2.99. The summed E-state index contributed by atoms with van der Waals surface area (Å²) < 4.78 is 5.20. The van der Waals surface area contributed by atoms with E-state index >= 15 is 0 Å². The third-order valence-electron chi connectivity index (χ3n) is 5.75. The van der Waals surface area contributed by atoms with Crippen LogP contribution in [0.5, 0.6) is 5.75 Å². The lowest BCUT2D eigenvalue weighted by molar-refractivity contribution is -0.115. The summed E-state index contributed by atoms with van der Waals surface area (Å²) in [5, 5.41) is 6.33. The largest absolute Gasteiger partial charge is 0.497 e. The van der Waals surface area contributed by atoms with E-state index < -0.39 is 5.66 Å². The standard InChI is InChI=1S/C25H31N3O3/c1-18-7-12-22(19(2)15-18)27-24(30)16-26-25(13-5-4-6-14-25)28-23(17-29)20-8-10-21(31-3)11-9-20/h7-12,15,17,26H,4-6,13-14,16H2,1-3H3,(H,27,30)/b28-23+. The lowest BCUT2D eigenvalue weighted by atomic mass is 9.89. The fraction of sp³-hybridized carbons (Fsp3) is 0.400. The smallest absolute Gasteiger partial charge is 0.238 e. The molecule has 0 spiro atoms. The molecule has 1 amide bonds. The zero-order valence-corrected chi connectivity index (χ0v) is 18.5. The van der Waals surface area contributed by atoms with Gasteiger partial charge in [-0.3, -0.25) is 19.9 Å². The van der Waals surface area contributed by atoms with Crippen LogP contribution in [0.4, 0.5) is 5.69 Å². The number of aldehydes is 1. The number of amides is 1. The maximum Gasteiger partial charge on any atom is 0.238 e. The minimum atomic E-state index is -0.617. The molecular weight excluding hydrogens is 390 g/mol. The maximum atomic E-state index is 12.6. The van der Waals surface area contributed by atoms with Gasteiger partial charge in [0.2, 0.25) is 5.91 Å². The number of carbonyl (C=O) groups excluding carboxylic acids is 2. The average molecular weight is 422 g/mol. The molecule has 0 unspecified atom stereocenters. The first-order chi connectivity index (χ1) is 14.9. The highest BCUT2D eigenvalue weighted by molar-refractivity contribution is 6.36. The molecule has 0 aliphatic heterocycles. The summed E-state index contributed by atoms with van der Waals surface area (Å²) in [5.74, 6) is 0.603. The van der Waals surface area contributed by atoms with Gasteiger partial charge < -0.3 is 10.1 Å². The number of nitrogens with one attached hydrogen (secondary N) is 2. The number of aliphatic imine (C=N–C) groups is 1. The van der Waals surface area contributed by atoms with Gasteiger partial charge >= 0.3 is 0 Å². The molecule has 2 aromatic carbocycles. The van der Waals surface area contributed by atoms with Crippen LogP contribution in [0, 0.1) is 13.8 Å². The van der Waals surface area contributed by atoms with E-state index in [1.54, 1.807) is 7.11 Å². The number of hydrogen-bond donors (Lipinski definition) is 2. The van der Waals surface area contributed by atoms with E-state index in [9.17, 15) is 9.59 Å². The second kappa shape index (κ2) is 10.4. The third-order valence-corrected chi connectivity index (χ3v) is 5.75. The predicted octanol–water partition coefficient (Wildman–Crippen LogP) is 4.19. The van der Waals surface area contributed by atoms with Gasteiger partial charge in [0.1, 0.15) is 17.1 Å². The van der Waals surface area contributed by atoms with Gasteiger partial charge in [0.05, 0.1) is 13.7 Å². The summed E-state index contributed by atoms with van der Waals surface area (Å²) in [7, 11) is 1.60. The highest BCUT2D eigenvalue weighted by atomic mass is 16.5. The molecule has 0 saturated heterocycles. The Kier molecular flexibility index (Phi) is 7.58. The normalized spacial score (nSPS) is 15.9. The molecule has 3 rings (SSSR count). The van der Waals surface area contributed by atoms with Crippen molar-refractivity contribution < 1.29 is 14.3 Å². The van der Waals surface area contributed by atoms with E-state index in [0.717, 1.165) is 66.5 Å². The van der Waals surface area contributed by atoms with Gasteiger partial charge in [0.15, 0.2) is 6.29 Å². The number of carbonyl (C=O) groups is 2. The molecule has 2 aromatic rings. The zero-order chi connectivity index (χ0) is 22.3. The second-order valence-electron chi connectivity index (χ2n) is 8.16. The number of benzene rings is 2. The minimum absolute atomic E-state index is 0.121. The first-order valence-corrected chi connectivity index (χ1v) is 10.8. The number of rotatable bonds is 8. The average Bonchev–Trinajstić information content (AvgIpc) is 2.79. The van der Waals surface area contributed by atoms with E-state index in [0.29, 0.717) is 5.71 Å². The molecule has 1 saturated carbocycles. The second-order valence-corrected chi connectivity index (χ2v) is 8.16. The van der Waals surface area contributed by atoms with Crippen molar-refractivity contribution in [1.29, 1.82) is 0 Å². The van der Waals surface area contributed by atoms with Crippen LogP contribution in [0.2, 0.25) is 0 Å². The van der Waals surface area contributed by atoms with E-state index in [1.165, 1.54) is 0 Å². The third kappa shape index (κ3) is 6.01. The van der Waals surface area contributed by atoms with Crippen LogP contribution in [0.1, 0.15) is 48.8 Å². The topological polar surface area (TPSA) is 79.8 Å². The van der Waals surface area contributed by atoms with Gasteiger partial charge in [-0.2, -0.15) is 0 Å². The van der Waals surface area contributed by atoms with Gasteiger partial charge in [-0.15, -0.1) is 0 Å². The van der Waals surface area contributed by atoms with Crippen molar-refractivity contribution in [3.8, 4) is 5.75 Å². The van der Waals surface area contributed by atoms with Crippen molar-refractivity contribution in [1.82, 2.24) is 5.32 Å². The maximum absolute atomic E-state index is 12.6. The van der Waals surface area contributed by atoms with Crippen LogP contribution in [0.3, 0.4) is 0 Å². The quantitative estimate of drug-likeness (QED) is 0.495. The highest BCUT2D eigenvalue weighted by Crippen LogP contribution is 2.30. The SMILES string of the molecule is COc1ccc(/C(C=O)=N/C2(NCC(=O)Nc3ccc(C)cc3C)CCCCC2)cc1. The van der Waals surface area contributed by atoms with Crippen LogP contribution in [-0.2, 0) is 9.59 Å². The summed E-state index contributed by atoms with van der Waals surface area (Å²) >= 11 is 0. The number of ether oxygens (including phenoxy) is 1. The van der Waals surface area contributed by atoms with Crippen molar-refractivity contribution in [3.63, 3.8) is 0 Å². The van der Waals surface area contributed by atoms with E-state index in [1.807, 2.05) is 56.3 Å². The molecule has 1 aliphatic rings. The molecule has 0 aromatic heterocycles. The van der Waals surface area contributed by atoms with Gasteiger partial charge in [-0.25, -0.2) is 0 Å². The van der Waals surface area contributed by atoms with Crippen molar-refractivity contribution in [2.45, 2.75) is 51.6 Å². The van der Waals surface area contributed by atoms with Crippen LogP contribution in [-0.4, -0.2) is 37.2 Å². The van der Waals surface area contributed by atoms with Crippen molar-refractivity contribution >= 4 is 23.6 Å². The Morgan fingerprint density at radius 1 is 1.10 bits per heavy atom. The molecule has 164 valence electrons. The zero-order valence-electron chi connectivity index (χ0n) is 18.5. The number of methoxy groups -OCH3 is 1. The fourth-order valence-electron chi connectivity index (χ4n) is 4.01. The Bertz CT molecular complexity index is 945. The molecule has 2 N–H and O–H groups in total. The summed E-state index contributed by atoms with van der Waals surface area (Å²) in [5.41, 5.74) is 3.50. The first-order valence-electron chi connectivity index (χ1n) is 10.8. The number of aryl methyl sites for hydroxylation is 2. The number of anilines is 1. The summed E-state index contributed by atoms with van der Waals surface area (Å²) in [6.45, 7) is 4.14. The van der Waals surface area contributed by atoms with Crippen molar-refractivity contribution in [3.05, 3.63) is 59.2 Å². The molecule has 0 atom stereocenters. The van der Waals surface area contributed by atoms with E-state index in [-0.39, 0.29) is 12.5 Å². The first kappa shape index (κ1) is 22.7. The Morgan fingerprint density at radius 3 is 2.42 bits per heavy atom. The van der Waals surface area contributed by atoms with Crippen LogP contribution >= 0.6 is 0 Å². The van der Waals surface area contributed by atoms with Crippen LogP contribution < -0.4 is 15.4 Å². The van der Waals surface area contributed by atoms with Crippen LogP contribution in [0.25, 0.3) is 0 Å². The van der Waals surface area contributed by atoms with Gasteiger partial charge in [0.25, 0.3) is 0 Å². The number of nitrogens with zero attached hydrogens (tertiary/aromatic N) is 1. The molecule has 0 radical (unpaired) electrons. The van der Waals surface area contributed by atoms with Crippen LogP contribution in [0.15, 0.2) is 47.5 Å². The van der Waals surface area contributed by atoms with Gasteiger partial charge in [-0.1, -0.05) is 24.1 Å². The Balaban J connectivity index is 1.75. The van der Waals surface area contributed by atoms with Crippen molar-refractivity contribution in [2.24, 2.45) is 4.99 Å². The molecule has 31 heavy (non-hydrogen) atoms. The minimum Gasteiger partial charge on any atom is -0.497 e. The van der Waals surface area contributed by atoms with E-state index in [2.05, 4.69) is 10.6 Å². The fourth-order valence-corrected chi connectivity index (χ4v) is 4.01. The summed E-state index contributed by atoms with van der Waals surface area (Å²) in [4.78, 5) is 29.3. The predicted molar refractivity (Wildman–Crippen MR) is 124 cm³/mol. The lowest BCUT2D eigenvalue weighted by Gasteiger charge is -2.35. The summed E-state index contributed by atoms with van der Waals surface area (Å²) in [6.07, 6.45) is 5.50. The summed E-state index contributed by atoms with van der Waals surface area (Å²) in [6, 6.07) is 13.2. The Morgan fingerprint density at radius 2 is 1.81 bits per heavy atom. The monoisotopic (exact) mass is 421 g/mol. The van der Waals surface area contributed by atoms with Gasteiger partial charge in [-0.05, 0) is 75.4 Å². The molecule has 1 fully saturated rings. The Labute approximate surface area is 184 Å². The van der Waals surface area contributed by atoms with Gasteiger partial charge in [0, 0.05) is 11.3 Å². The molecule has 6 heteroatoms. The molecule has 6 nitrogen and oxygen atoms in total. The number of hydrogen-bond acceptors (Lipinski definition) is 5. The molecule has 0 bridgehead atoms. The van der Waals surface area contributed by atoms with Crippen molar-refractivity contribution in [2.75, 3.05) is 19.0 Å². The van der Waals surface area contributed by atoms with E-state index in [4.69, 9.17) is 9.73 Å².